The predicted molar refractivity (Wildman–Crippen MR) is 141 cm³/mol. The molecule has 0 aromatic heterocycles. The summed E-state index contributed by atoms with van der Waals surface area (Å²) in [5.41, 5.74) is 8.27. The number of nitrogens with zero attached hydrogens (tertiary/aromatic N) is 1. The van der Waals surface area contributed by atoms with Gasteiger partial charge in [0.25, 0.3) is 0 Å². The van der Waals surface area contributed by atoms with Gasteiger partial charge in [0.1, 0.15) is 0 Å². The Balaban J connectivity index is 2.03. The molecule has 32 heavy (non-hydrogen) atoms. The van der Waals surface area contributed by atoms with Gasteiger partial charge in [-0.25, -0.2) is 4.99 Å². The summed E-state index contributed by atoms with van der Waals surface area (Å²) in [5, 5.41) is 0. The highest BCUT2D eigenvalue weighted by Crippen LogP contribution is 2.20. The Labute approximate surface area is 192 Å². The van der Waals surface area contributed by atoms with Gasteiger partial charge in [0.2, 0.25) is 0 Å². The molecule has 0 aliphatic rings. The maximum atomic E-state index is 4.91. The standard InChI is InChI=1S/C31H29N/c1-5-6-13-30(28-14-9-7-10-15-28)22-25(3)23-31(29-16-11-8-12-17-29)32-26(4)27-20-18-24(2)19-21-27/h5-23H,1,4H2,2-3H3/b13-6-,25-23+,30-22+,32-31?. The fraction of sp³-hybridized carbons (Fsp3) is 0.0645. The van der Waals surface area contributed by atoms with Gasteiger partial charge < -0.3 is 0 Å². The van der Waals surface area contributed by atoms with Crippen LogP contribution in [0.2, 0.25) is 0 Å². The third-order valence-corrected chi connectivity index (χ3v) is 4.98. The first kappa shape index (κ1) is 22.7. The topological polar surface area (TPSA) is 12.4 Å². The highest BCUT2D eigenvalue weighted by Gasteiger charge is 2.05. The normalized spacial score (nSPS) is 12.8. The van der Waals surface area contributed by atoms with Crippen molar-refractivity contribution >= 4 is 17.0 Å². The smallest absolute Gasteiger partial charge is 0.0711 e. The number of hydrogen-bond acceptors (Lipinski definition) is 1. The second-order valence-corrected chi connectivity index (χ2v) is 7.62. The van der Waals surface area contributed by atoms with Gasteiger partial charge in [-0.2, -0.15) is 0 Å². The van der Waals surface area contributed by atoms with Crippen LogP contribution in [0.25, 0.3) is 11.3 Å². The predicted octanol–water partition coefficient (Wildman–Crippen LogP) is 8.23. The van der Waals surface area contributed by atoms with Gasteiger partial charge in [0.15, 0.2) is 0 Å². The fourth-order valence-electron chi connectivity index (χ4n) is 3.28. The summed E-state index contributed by atoms with van der Waals surface area (Å²) in [5.74, 6) is 0. The van der Waals surface area contributed by atoms with Crippen molar-refractivity contribution in [2.45, 2.75) is 13.8 Å². The number of benzene rings is 3. The first-order valence-electron chi connectivity index (χ1n) is 10.7. The van der Waals surface area contributed by atoms with E-state index < -0.39 is 0 Å². The van der Waals surface area contributed by atoms with E-state index in [1.54, 1.807) is 6.08 Å². The van der Waals surface area contributed by atoms with E-state index in [1.807, 2.05) is 42.5 Å². The van der Waals surface area contributed by atoms with Crippen molar-refractivity contribution in [3.63, 3.8) is 0 Å². The second-order valence-electron chi connectivity index (χ2n) is 7.62. The third-order valence-electron chi connectivity index (χ3n) is 4.98. The number of hydrogen-bond donors (Lipinski definition) is 0. The second kappa shape index (κ2) is 11.4. The third kappa shape index (κ3) is 6.52. The average molecular weight is 416 g/mol. The zero-order valence-corrected chi connectivity index (χ0v) is 18.8. The minimum absolute atomic E-state index is 0.742. The van der Waals surface area contributed by atoms with E-state index >= 15 is 0 Å². The molecule has 0 saturated heterocycles. The zero-order chi connectivity index (χ0) is 22.8. The van der Waals surface area contributed by atoms with Crippen LogP contribution >= 0.6 is 0 Å². The lowest BCUT2D eigenvalue weighted by molar-refractivity contribution is 1.43. The highest BCUT2D eigenvalue weighted by molar-refractivity contribution is 6.11. The van der Waals surface area contributed by atoms with Crippen LogP contribution in [0.15, 0.2) is 139 Å². The number of rotatable bonds is 8. The molecular formula is C31H29N. The molecule has 3 rings (SSSR count). The van der Waals surface area contributed by atoms with Crippen LogP contribution in [0, 0.1) is 6.92 Å². The molecule has 0 unspecified atom stereocenters. The molecule has 0 saturated carbocycles. The molecule has 3 aromatic rings. The van der Waals surface area contributed by atoms with Crippen molar-refractivity contribution in [3.05, 3.63) is 156 Å². The van der Waals surface area contributed by atoms with Gasteiger partial charge in [0.05, 0.1) is 11.4 Å². The van der Waals surface area contributed by atoms with Gasteiger partial charge in [-0.3, -0.25) is 0 Å². The summed E-state index contributed by atoms with van der Waals surface area (Å²) in [6.07, 6.45) is 10.1. The quantitative estimate of drug-likeness (QED) is 0.259. The molecule has 0 atom stereocenters. The SMILES string of the molecule is C=C\C=C/C(=C\C(C)=C\C(=NC(=C)c1ccc(C)cc1)c1ccccc1)c1ccccc1. The highest BCUT2D eigenvalue weighted by atomic mass is 14.8. The Morgan fingerprint density at radius 3 is 1.94 bits per heavy atom. The molecule has 0 bridgehead atoms. The van der Waals surface area contributed by atoms with Gasteiger partial charge >= 0.3 is 0 Å². The van der Waals surface area contributed by atoms with Gasteiger partial charge in [-0.1, -0.05) is 128 Å². The van der Waals surface area contributed by atoms with Crippen LogP contribution < -0.4 is 0 Å². The maximum absolute atomic E-state index is 4.91. The number of allylic oxidation sites excluding steroid dienone is 7. The summed E-state index contributed by atoms with van der Waals surface area (Å²) in [7, 11) is 0. The van der Waals surface area contributed by atoms with Crippen LogP contribution in [0.5, 0.6) is 0 Å². The van der Waals surface area contributed by atoms with Crippen LogP contribution in [-0.2, 0) is 0 Å². The fourth-order valence-corrected chi connectivity index (χ4v) is 3.28. The van der Waals surface area contributed by atoms with E-state index in [2.05, 4.69) is 93.8 Å². The Kier molecular flexibility index (Phi) is 8.11. The molecule has 0 radical (unpaired) electrons. The first-order valence-corrected chi connectivity index (χ1v) is 10.7. The van der Waals surface area contributed by atoms with Crippen LogP contribution in [0.3, 0.4) is 0 Å². The van der Waals surface area contributed by atoms with Crippen LogP contribution in [0.4, 0.5) is 0 Å². The molecular weight excluding hydrogens is 386 g/mol. The maximum Gasteiger partial charge on any atom is 0.0711 e. The van der Waals surface area contributed by atoms with Crippen molar-refractivity contribution in [1.29, 1.82) is 0 Å². The molecule has 1 heteroatoms. The van der Waals surface area contributed by atoms with Crippen LogP contribution in [0.1, 0.15) is 29.2 Å². The minimum atomic E-state index is 0.742. The summed E-state index contributed by atoms with van der Waals surface area (Å²) < 4.78 is 0. The lowest BCUT2D eigenvalue weighted by Crippen LogP contribution is -1.99. The molecule has 158 valence electrons. The van der Waals surface area contributed by atoms with Crippen molar-refractivity contribution in [2.75, 3.05) is 0 Å². The van der Waals surface area contributed by atoms with E-state index in [0.29, 0.717) is 0 Å². The summed E-state index contributed by atoms with van der Waals surface area (Å²) in [6, 6.07) is 28.9. The zero-order valence-electron chi connectivity index (χ0n) is 18.8. The molecule has 0 spiro atoms. The van der Waals surface area contributed by atoms with E-state index in [9.17, 15) is 0 Å². The molecule has 0 fully saturated rings. The van der Waals surface area contributed by atoms with Crippen molar-refractivity contribution in [1.82, 2.24) is 0 Å². The molecule has 0 aliphatic carbocycles. The average Bonchev–Trinajstić information content (AvgIpc) is 2.82. The molecule has 3 aromatic carbocycles. The lowest BCUT2D eigenvalue weighted by Gasteiger charge is -2.08. The van der Waals surface area contributed by atoms with E-state index in [4.69, 9.17) is 4.99 Å². The monoisotopic (exact) mass is 415 g/mol. The van der Waals surface area contributed by atoms with Gasteiger partial charge in [0, 0.05) is 5.56 Å². The number of aryl methyl sites for hydroxylation is 1. The van der Waals surface area contributed by atoms with Crippen molar-refractivity contribution < 1.29 is 0 Å². The summed E-state index contributed by atoms with van der Waals surface area (Å²) in [6.45, 7) is 12.2. The van der Waals surface area contributed by atoms with Crippen molar-refractivity contribution in [2.24, 2.45) is 4.99 Å². The molecule has 0 heterocycles. The van der Waals surface area contributed by atoms with Gasteiger partial charge in [-0.15, -0.1) is 0 Å². The molecule has 0 amide bonds. The number of aliphatic imine (C=N–C) groups is 1. The molecule has 0 aliphatic heterocycles. The molecule has 1 nitrogen and oxygen atoms in total. The van der Waals surface area contributed by atoms with E-state index in [0.717, 1.165) is 39.2 Å². The largest absolute Gasteiger partial charge is 0.248 e. The Morgan fingerprint density at radius 2 is 1.34 bits per heavy atom. The van der Waals surface area contributed by atoms with E-state index in [-0.39, 0.29) is 0 Å². The van der Waals surface area contributed by atoms with Gasteiger partial charge in [-0.05, 0) is 42.2 Å². The lowest BCUT2D eigenvalue weighted by atomic mass is 10.0. The first-order chi connectivity index (χ1) is 15.6. The Morgan fingerprint density at radius 1 is 0.750 bits per heavy atom. The van der Waals surface area contributed by atoms with Crippen LogP contribution in [-0.4, -0.2) is 5.71 Å². The van der Waals surface area contributed by atoms with E-state index in [1.165, 1.54) is 5.56 Å². The minimum Gasteiger partial charge on any atom is -0.248 e. The Bertz CT molecular complexity index is 1170. The summed E-state index contributed by atoms with van der Waals surface area (Å²) >= 11 is 0. The van der Waals surface area contributed by atoms with Crippen molar-refractivity contribution in [3.8, 4) is 0 Å². The molecule has 0 N–H and O–H groups in total. The summed E-state index contributed by atoms with van der Waals surface area (Å²) in [4.78, 5) is 4.91. The Hall–Kier alpha value is -3.97.